The molecule has 0 fully saturated rings. The van der Waals surface area contributed by atoms with Gasteiger partial charge in [0, 0.05) is 10.8 Å². The van der Waals surface area contributed by atoms with E-state index < -0.39 is 0 Å². The fourth-order valence-electron chi connectivity index (χ4n) is 5.15. The maximum Gasteiger partial charge on any atom is 0.0105 e. The van der Waals surface area contributed by atoms with Crippen molar-refractivity contribution in [1.29, 1.82) is 0 Å². The van der Waals surface area contributed by atoms with Gasteiger partial charge < -0.3 is 0 Å². The highest BCUT2D eigenvalue weighted by molar-refractivity contribution is 5.47. The summed E-state index contributed by atoms with van der Waals surface area (Å²) >= 11 is 0. The summed E-state index contributed by atoms with van der Waals surface area (Å²) in [6.45, 7) is 9.39. The van der Waals surface area contributed by atoms with Crippen LogP contribution in [-0.4, -0.2) is 0 Å². The van der Waals surface area contributed by atoms with E-state index in [1.165, 1.54) is 83.5 Å². The van der Waals surface area contributed by atoms with Gasteiger partial charge in [0.1, 0.15) is 0 Å². The fourth-order valence-corrected chi connectivity index (χ4v) is 5.15. The fraction of sp³-hybridized carbons (Fsp3) is 0.826. The number of unbranched alkanes of at least 4 members (excludes halogenated alkanes) is 4. The van der Waals surface area contributed by atoms with Crippen LogP contribution in [0.1, 0.15) is 111 Å². The number of hydrogen-bond donors (Lipinski definition) is 0. The van der Waals surface area contributed by atoms with Gasteiger partial charge in [-0.05, 0) is 44.9 Å². The second kappa shape index (κ2) is 8.54. The molecule has 23 heavy (non-hydrogen) atoms. The van der Waals surface area contributed by atoms with Crippen molar-refractivity contribution in [2.24, 2.45) is 10.8 Å². The average molecular weight is 317 g/mol. The van der Waals surface area contributed by atoms with Gasteiger partial charge in [0.25, 0.3) is 0 Å². The molecular formula is C23H40. The molecule has 0 saturated heterocycles. The molecule has 0 aliphatic heterocycles. The summed E-state index contributed by atoms with van der Waals surface area (Å²) in [5, 5.41) is 0. The molecule has 132 valence electrons. The molecule has 2 atom stereocenters. The van der Waals surface area contributed by atoms with E-state index in [4.69, 9.17) is 0 Å². The summed E-state index contributed by atoms with van der Waals surface area (Å²) in [7, 11) is 0. The molecule has 0 nitrogen and oxygen atoms in total. The number of fused-ring (bicyclic) bond motifs is 2. The van der Waals surface area contributed by atoms with Crippen molar-refractivity contribution >= 4 is 0 Å². The monoisotopic (exact) mass is 316 g/mol. The lowest BCUT2D eigenvalue weighted by Gasteiger charge is -2.30. The van der Waals surface area contributed by atoms with Crippen molar-refractivity contribution < 1.29 is 0 Å². The third-order valence-corrected chi connectivity index (χ3v) is 6.43. The zero-order chi connectivity index (χ0) is 16.8. The van der Waals surface area contributed by atoms with Gasteiger partial charge in [0.2, 0.25) is 0 Å². The van der Waals surface area contributed by atoms with E-state index in [0.29, 0.717) is 10.8 Å². The Kier molecular flexibility index (Phi) is 6.99. The van der Waals surface area contributed by atoms with Crippen LogP contribution in [0, 0.1) is 10.8 Å². The van der Waals surface area contributed by atoms with Crippen LogP contribution < -0.4 is 0 Å². The molecule has 0 N–H and O–H groups in total. The summed E-state index contributed by atoms with van der Waals surface area (Å²) in [6, 6.07) is 0. The molecule has 2 rings (SSSR count). The predicted octanol–water partition coefficient (Wildman–Crippen LogP) is 7.99. The molecule has 0 radical (unpaired) electrons. The Morgan fingerprint density at radius 1 is 0.652 bits per heavy atom. The normalized spacial score (nSPS) is 29.0. The lowest BCUT2D eigenvalue weighted by molar-refractivity contribution is 0.318. The van der Waals surface area contributed by atoms with Crippen LogP contribution in [0.5, 0.6) is 0 Å². The molecule has 0 aromatic carbocycles. The Morgan fingerprint density at radius 2 is 1.04 bits per heavy atom. The third kappa shape index (κ3) is 3.77. The highest BCUT2D eigenvalue weighted by atomic mass is 14.6. The van der Waals surface area contributed by atoms with E-state index in [1.807, 2.05) is 11.1 Å². The first-order chi connectivity index (χ1) is 11.2. The zero-order valence-electron chi connectivity index (χ0n) is 16.3. The average Bonchev–Trinajstić information content (AvgIpc) is 3.06. The second-order valence-electron chi connectivity index (χ2n) is 8.19. The summed E-state index contributed by atoms with van der Waals surface area (Å²) in [6.07, 6.45) is 23.2. The first kappa shape index (κ1) is 18.8. The summed E-state index contributed by atoms with van der Waals surface area (Å²) in [4.78, 5) is 0. The van der Waals surface area contributed by atoms with E-state index in [1.54, 1.807) is 0 Å². The van der Waals surface area contributed by atoms with Crippen LogP contribution in [-0.2, 0) is 0 Å². The minimum absolute atomic E-state index is 0.460. The number of rotatable bonds is 12. The van der Waals surface area contributed by atoms with Crippen molar-refractivity contribution in [3.05, 3.63) is 23.3 Å². The maximum absolute atomic E-state index is 2.67. The summed E-state index contributed by atoms with van der Waals surface area (Å²) in [5.74, 6) is 0. The molecule has 2 bridgehead atoms. The molecule has 0 heterocycles. The minimum Gasteiger partial charge on any atom is -0.0773 e. The van der Waals surface area contributed by atoms with Gasteiger partial charge in [-0.3, -0.25) is 0 Å². The van der Waals surface area contributed by atoms with Crippen molar-refractivity contribution in [3.63, 3.8) is 0 Å². The van der Waals surface area contributed by atoms with E-state index in [9.17, 15) is 0 Å². The number of allylic oxidation sites excluding steroid dienone is 4. The van der Waals surface area contributed by atoms with Gasteiger partial charge in [-0.1, -0.05) is 89.5 Å². The lowest BCUT2D eigenvalue weighted by atomic mass is 9.74. The third-order valence-electron chi connectivity index (χ3n) is 6.43. The molecular weight excluding hydrogens is 276 g/mol. The Balaban J connectivity index is 2.32. The van der Waals surface area contributed by atoms with Crippen LogP contribution in [0.15, 0.2) is 23.3 Å². The van der Waals surface area contributed by atoms with Gasteiger partial charge in [-0.25, -0.2) is 0 Å². The van der Waals surface area contributed by atoms with Gasteiger partial charge in [0.15, 0.2) is 0 Å². The van der Waals surface area contributed by atoms with E-state index in [0.717, 1.165) is 0 Å². The van der Waals surface area contributed by atoms with Gasteiger partial charge in [-0.2, -0.15) is 0 Å². The Bertz CT molecular complexity index is 389. The quantitative estimate of drug-likeness (QED) is 0.320. The van der Waals surface area contributed by atoms with Crippen LogP contribution >= 0.6 is 0 Å². The maximum atomic E-state index is 2.67. The van der Waals surface area contributed by atoms with Crippen molar-refractivity contribution in [1.82, 2.24) is 0 Å². The predicted molar refractivity (Wildman–Crippen MR) is 104 cm³/mol. The van der Waals surface area contributed by atoms with E-state index in [2.05, 4.69) is 39.8 Å². The second-order valence-corrected chi connectivity index (χ2v) is 8.19. The van der Waals surface area contributed by atoms with Gasteiger partial charge >= 0.3 is 0 Å². The molecule has 2 aliphatic rings. The summed E-state index contributed by atoms with van der Waals surface area (Å²) < 4.78 is 0. The lowest BCUT2D eigenvalue weighted by Crippen LogP contribution is -2.17. The highest BCUT2D eigenvalue weighted by Crippen LogP contribution is 2.65. The van der Waals surface area contributed by atoms with E-state index >= 15 is 0 Å². The Morgan fingerprint density at radius 3 is 1.39 bits per heavy atom. The first-order valence-electron chi connectivity index (χ1n) is 10.6. The molecule has 0 aromatic rings. The van der Waals surface area contributed by atoms with Crippen LogP contribution in [0.3, 0.4) is 0 Å². The SMILES string of the molecule is CCCCC1=C(CCCC)C2(CCCC)C=CC1(CCCC)C2. The Labute approximate surface area is 145 Å². The molecule has 0 amide bonds. The van der Waals surface area contributed by atoms with Crippen LogP contribution in [0.2, 0.25) is 0 Å². The molecule has 0 aromatic heterocycles. The largest absolute Gasteiger partial charge is 0.0773 e. The van der Waals surface area contributed by atoms with Crippen LogP contribution in [0.25, 0.3) is 0 Å². The first-order valence-corrected chi connectivity index (χ1v) is 10.6. The van der Waals surface area contributed by atoms with Gasteiger partial charge in [0.05, 0.1) is 0 Å². The molecule has 0 spiro atoms. The van der Waals surface area contributed by atoms with Crippen molar-refractivity contribution in [3.8, 4) is 0 Å². The molecule has 2 aliphatic carbocycles. The van der Waals surface area contributed by atoms with E-state index in [-0.39, 0.29) is 0 Å². The van der Waals surface area contributed by atoms with Crippen molar-refractivity contribution in [2.75, 3.05) is 0 Å². The topological polar surface area (TPSA) is 0 Å². The van der Waals surface area contributed by atoms with Crippen LogP contribution in [0.4, 0.5) is 0 Å². The standard InChI is InChI=1S/C23H40/c1-5-9-13-20-21(14-10-6-2)23(16-12-8-4)18-17-22(20,19-23)15-11-7-3/h17-18H,5-16,19H2,1-4H3. The minimum atomic E-state index is 0.460. The number of hydrogen-bond acceptors (Lipinski definition) is 0. The zero-order valence-corrected chi connectivity index (χ0v) is 16.3. The Hall–Kier alpha value is -0.520. The molecule has 2 unspecified atom stereocenters. The van der Waals surface area contributed by atoms with Gasteiger partial charge in [-0.15, -0.1) is 0 Å². The summed E-state index contributed by atoms with van der Waals surface area (Å²) in [5.41, 5.74) is 4.73. The van der Waals surface area contributed by atoms with Crippen molar-refractivity contribution in [2.45, 2.75) is 111 Å². The molecule has 0 heteroatoms. The smallest absolute Gasteiger partial charge is 0.0105 e. The molecule has 0 saturated carbocycles. The highest BCUT2D eigenvalue weighted by Gasteiger charge is 2.53.